The SMILES string of the molecule is CCc1cccc(CC)c1NC(=O)COC(=O)c1cc(C)nc2c1c(C)nn2C. The summed E-state index contributed by atoms with van der Waals surface area (Å²) in [4.78, 5) is 29.6. The van der Waals surface area contributed by atoms with Crippen molar-refractivity contribution in [3.8, 4) is 0 Å². The molecule has 2 heterocycles. The molecule has 152 valence electrons. The number of para-hydroxylation sites is 1. The first-order valence-electron chi connectivity index (χ1n) is 9.74. The van der Waals surface area contributed by atoms with Gasteiger partial charge in [0.05, 0.1) is 16.6 Å². The van der Waals surface area contributed by atoms with Gasteiger partial charge in [-0.1, -0.05) is 32.0 Å². The molecule has 0 aliphatic heterocycles. The molecule has 7 nitrogen and oxygen atoms in total. The second-order valence-electron chi connectivity index (χ2n) is 7.00. The minimum Gasteiger partial charge on any atom is -0.452 e. The van der Waals surface area contributed by atoms with Crippen molar-refractivity contribution in [1.82, 2.24) is 14.8 Å². The highest BCUT2D eigenvalue weighted by atomic mass is 16.5. The largest absolute Gasteiger partial charge is 0.452 e. The highest BCUT2D eigenvalue weighted by Crippen LogP contribution is 2.24. The molecule has 3 aromatic rings. The Kier molecular flexibility index (Phi) is 5.96. The number of carbonyl (C=O) groups is 2. The van der Waals surface area contributed by atoms with Crippen molar-refractivity contribution in [2.24, 2.45) is 7.05 Å². The number of aromatic nitrogens is 3. The van der Waals surface area contributed by atoms with Crippen LogP contribution in [-0.4, -0.2) is 33.2 Å². The lowest BCUT2D eigenvalue weighted by Crippen LogP contribution is -2.22. The molecule has 0 saturated carbocycles. The lowest BCUT2D eigenvalue weighted by Gasteiger charge is -2.14. The third-order valence-electron chi connectivity index (χ3n) is 4.91. The Bertz CT molecular complexity index is 1060. The number of ether oxygens (including phenoxy) is 1. The van der Waals surface area contributed by atoms with Crippen molar-refractivity contribution in [3.63, 3.8) is 0 Å². The Morgan fingerprint density at radius 1 is 1.14 bits per heavy atom. The second-order valence-corrected chi connectivity index (χ2v) is 7.00. The number of hydrogen-bond acceptors (Lipinski definition) is 5. The maximum absolute atomic E-state index is 12.7. The van der Waals surface area contributed by atoms with Crippen LogP contribution in [0.2, 0.25) is 0 Å². The summed E-state index contributed by atoms with van der Waals surface area (Å²) in [7, 11) is 1.78. The summed E-state index contributed by atoms with van der Waals surface area (Å²) in [5, 5.41) is 7.88. The van der Waals surface area contributed by atoms with Gasteiger partial charge in [0.15, 0.2) is 12.3 Å². The predicted octanol–water partition coefficient (Wildman–Crippen LogP) is 3.51. The van der Waals surface area contributed by atoms with Crippen molar-refractivity contribution in [3.05, 3.63) is 52.3 Å². The van der Waals surface area contributed by atoms with Crippen LogP contribution in [0.1, 0.15) is 46.7 Å². The summed E-state index contributed by atoms with van der Waals surface area (Å²) in [6.07, 6.45) is 1.61. The Labute approximate surface area is 170 Å². The molecule has 29 heavy (non-hydrogen) atoms. The van der Waals surface area contributed by atoms with Gasteiger partial charge >= 0.3 is 5.97 Å². The number of anilines is 1. The van der Waals surface area contributed by atoms with Crippen molar-refractivity contribution in [1.29, 1.82) is 0 Å². The molecule has 1 N–H and O–H groups in total. The van der Waals surface area contributed by atoms with Crippen molar-refractivity contribution in [2.45, 2.75) is 40.5 Å². The number of carbonyl (C=O) groups excluding carboxylic acids is 2. The van der Waals surface area contributed by atoms with Gasteiger partial charge in [0.1, 0.15) is 0 Å². The summed E-state index contributed by atoms with van der Waals surface area (Å²) < 4.78 is 6.95. The van der Waals surface area contributed by atoms with E-state index in [4.69, 9.17) is 4.74 Å². The molecule has 0 aliphatic carbocycles. The molecule has 1 aromatic carbocycles. The normalized spacial score (nSPS) is 10.9. The lowest BCUT2D eigenvalue weighted by atomic mass is 10.0. The van der Waals surface area contributed by atoms with Gasteiger partial charge in [0.2, 0.25) is 0 Å². The van der Waals surface area contributed by atoms with E-state index in [9.17, 15) is 9.59 Å². The van der Waals surface area contributed by atoms with Crippen LogP contribution < -0.4 is 5.32 Å². The van der Waals surface area contributed by atoms with E-state index < -0.39 is 5.97 Å². The third-order valence-corrected chi connectivity index (χ3v) is 4.91. The average molecular weight is 394 g/mol. The molecule has 0 saturated heterocycles. The number of amides is 1. The first kappa shape index (κ1) is 20.5. The minimum atomic E-state index is -0.564. The van der Waals surface area contributed by atoms with Gasteiger partial charge in [-0.15, -0.1) is 0 Å². The highest BCUT2D eigenvalue weighted by molar-refractivity contribution is 6.05. The van der Waals surface area contributed by atoms with Crippen LogP contribution in [0.15, 0.2) is 24.3 Å². The summed E-state index contributed by atoms with van der Waals surface area (Å²) in [5.41, 5.74) is 5.28. The number of benzene rings is 1. The van der Waals surface area contributed by atoms with Gasteiger partial charge in [-0.25, -0.2) is 9.78 Å². The molecule has 7 heteroatoms. The summed E-state index contributed by atoms with van der Waals surface area (Å²) in [6.45, 7) is 7.34. The molecule has 0 spiro atoms. The van der Waals surface area contributed by atoms with Crippen LogP contribution in [0.5, 0.6) is 0 Å². The number of fused-ring (bicyclic) bond motifs is 1. The van der Waals surface area contributed by atoms with Gasteiger partial charge in [-0.2, -0.15) is 5.10 Å². The lowest BCUT2D eigenvalue weighted by molar-refractivity contribution is -0.119. The Morgan fingerprint density at radius 2 is 1.79 bits per heavy atom. The highest BCUT2D eigenvalue weighted by Gasteiger charge is 2.20. The maximum atomic E-state index is 12.7. The maximum Gasteiger partial charge on any atom is 0.339 e. The molecule has 0 aliphatic rings. The van der Waals surface area contributed by atoms with E-state index in [2.05, 4.69) is 15.4 Å². The Balaban J connectivity index is 1.77. The molecule has 1 amide bonds. The molecule has 2 aromatic heterocycles. The fourth-order valence-electron chi connectivity index (χ4n) is 3.52. The smallest absolute Gasteiger partial charge is 0.339 e. The van der Waals surface area contributed by atoms with Crippen LogP contribution in [0.3, 0.4) is 0 Å². The topological polar surface area (TPSA) is 86.1 Å². The van der Waals surface area contributed by atoms with Gasteiger partial charge in [-0.05, 0) is 43.9 Å². The number of hydrogen-bond donors (Lipinski definition) is 1. The van der Waals surface area contributed by atoms with E-state index in [-0.39, 0.29) is 12.5 Å². The Morgan fingerprint density at radius 3 is 2.41 bits per heavy atom. The molecular weight excluding hydrogens is 368 g/mol. The van der Waals surface area contributed by atoms with Crippen LogP contribution in [0, 0.1) is 13.8 Å². The molecule has 0 fully saturated rings. The molecular formula is C22H26N4O3. The van der Waals surface area contributed by atoms with Crippen LogP contribution in [-0.2, 0) is 29.4 Å². The fraction of sp³-hybridized carbons (Fsp3) is 0.364. The van der Waals surface area contributed by atoms with Crippen molar-refractivity contribution < 1.29 is 14.3 Å². The molecule has 3 rings (SSSR count). The van der Waals surface area contributed by atoms with Crippen LogP contribution >= 0.6 is 0 Å². The number of nitrogens with zero attached hydrogens (tertiary/aromatic N) is 3. The third kappa shape index (κ3) is 4.13. The first-order valence-corrected chi connectivity index (χ1v) is 9.74. The molecule has 0 unspecified atom stereocenters. The van der Waals surface area contributed by atoms with E-state index in [0.717, 1.165) is 29.7 Å². The van der Waals surface area contributed by atoms with Crippen LogP contribution in [0.25, 0.3) is 11.0 Å². The average Bonchev–Trinajstić information content (AvgIpc) is 2.99. The zero-order valence-corrected chi connectivity index (χ0v) is 17.5. The number of nitrogens with one attached hydrogen (secondary N) is 1. The molecule has 0 atom stereocenters. The van der Waals surface area contributed by atoms with Crippen LogP contribution in [0.4, 0.5) is 5.69 Å². The zero-order valence-electron chi connectivity index (χ0n) is 17.5. The predicted molar refractivity (Wildman–Crippen MR) is 112 cm³/mol. The van der Waals surface area contributed by atoms with Crippen molar-refractivity contribution >= 4 is 28.6 Å². The van der Waals surface area contributed by atoms with E-state index in [0.29, 0.717) is 28.0 Å². The zero-order chi connectivity index (χ0) is 21.1. The van der Waals surface area contributed by atoms with Crippen molar-refractivity contribution in [2.75, 3.05) is 11.9 Å². The van der Waals surface area contributed by atoms with E-state index >= 15 is 0 Å². The summed E-state index contributed by atoms with van der Waals surface area (Å²) in [5.74, 6) is -0.926. The number of rotatable bonds is 6. The van der Waals surface area contributed by atoms with E-state index in [1.54, 1.807) is 24.7 Å². The standard InChI is InChI=1S/C22H26N4O3/c1-6-15-9-8-10-16(7-2)20(15)24-18(27)12-29-22(28)17-11-13(3)23-21-19(17)14(4)25-26(21)5/h8-11H,6-7,12H2,1-5H3,(H,24,27). The second kappa shape index (κ2) is 8.43. The van der Waals surface area contributed by atoms with Gasteiger partial charge < -0.3 is 10.1 Å². The fourth-order valence-corrected chi connectivity index (χ4v) is 3.52. The molecule has 0 bridgehead atoms. The number of aryl methyl sites for hydroxylation is 5. The first-order chi connectivity index (χ1) is 13.8. The minimum absolute atomic E-state index is 0.359. The molecule has 0 radical (unpaired) electrons. The van der Waals surface area contributed by atoms with E-state index in [1.165, 1.54) is 0 Å². The van der Waals surface area contributed by atoms with Gasteiger partial charge in [0, 0.05) is 18.4 Å². The van der Waals surface area contributed by atoms with Gasteiger partial charge in [0.25, 0.3) is 5.91 Å². The Hall–Kier alpha value is -3.22. The van der Waals surface area contributed by atoms with E-state index in [1.807, 2.05) is 39.0 Å². The number of pyridine rings is 1. The number of esters is 1. The summed E-state index contributed by atoms with van der Waals surface area (Å²) in [6, 6.07) is 7.63. The summed E-state index contributed by atoms with van der Waals surface area (Å²) >= 11 is 0. The quantitative estimate of drug-likeness (QED) is 0.647. The monoisotopic (exact) mass is 394 g/mol. The van der Waals surface area contributed by atoms with Gasteiger partial charge in [-0.3, -0.25) is 9.48 Å².